The van der Waals surface area contributed by atoms with Gasteiger partial charge in [-0.2, -0.15) is 0 Å². The van der Waals surface area contributed by atoms with Gasteiger partial charge in [0.15, 0.2) is 0 Å². The lowest BCUT2D eigenvalue weighted by molar-refractivity contribution is -0.132. The SMILES string of the molecule is CCCCNC1=C(Oc2ccccc2)C(S(N)(=O)=O)CC(C(=O)O)=C1. The summed E-state index contributed by atoms with van der Waals surface area (Å²) in [5.74, 6) is -0.606. The number of hydrogen-bond donors (Lipinski definition) is 3. The van der Waals surface area contributed by atoms with Gasteiger partial charge in [0.1, 0.15) is 16.8 Å². The number of ether oxygens (including phenoxy) is 1. The lowest BCUT2D eigenvalue weighted by atomic mass is 10.0. The Labute approximate surface area is 147 Å². The van der Waals surface area contributed by atoms with Crippen molar-refractivity contribution in [3.8, 4) is 5.75 Å². The summed E-state index contributed by atoms with van der Waals surface area (Å²) in [6.45, 7) is 2.58. The maximum atomic E-state index is 12.0. The molecule has 0 spiro atoms. The maximum Gasteiger partial charge on any atom is 0.331 e. The Hall–Kier alpha value is -2.32. The zero-order chi connectivity index (χ0) is 18.4. The second kappa shape index (κ2) is 8.17. The Morgan fingerprint density at radius 1 is 1.36 bits per heavy atom. The van der Waals surface area contributed by atoms with Gasteiger partial charge in [0.25, 0.3) is 0 Å². The number of carboxylic acids is 1. The van der Waals surface area contributed by atoms with Crippen LogP contribution in [0.4, 0.5) is 0 Å². The van der Waals surface area contributed by atoms with E-state index >= 15 is 0 Å². The van der Waals surface area contributed by atoms with Gasteiger partial charge in [-0.25, -0.2) is 18.4 Å². The monoisotopic (exact) mass is 366 g/mol. The lowest BCUT2D eigenvalue weighted by Gasteiger charge is -2.26. The maximum absolute atomic E-state index is 12.0. The van der Waals surface area contributed by atoms with Crippen LogP contribution in [0, 0.1) is 0 Å². The average molecular weight is 366 g/mol. The molecular weight excluding hydrogens is 344 g/mol. The Bertz CT molecular complexity index is 785. The molecule has 4 N–H and O–H groups in total. The van der Waals surface area contributed by atoms with Crippen molar-refractivity contribution in [1.29, 1.82) is 0 Å². The molecular formula is C17H22N2O5S. The Kier molecular flexibility index (Phi) is 6.22. The van der Waals surface area contributed by atoms with E-state index in [1.165, 1.54) is 6.08 Å². The first-order valence-electron chi connectivity index (χ1n) is 7.99. The summed E-state index contributed by atoms with van der Waals surface area (Å²) in [7, 11) is -4.05. The number of primary sulfonamides is 1. The third-order valence-corrected chi connectivity index (χ3v) is 4.94. The first-order valence-corrected chi connectivity index (χ1v) is 9.60. The van der Waals surface area contributed by atoms with Gasteiger partial charge in [0.2, 0.25) is 10.0 Å². The summed E-state index contributed by atoms with van der Waals surface area (Å²) in [6.07, 6.45) is 2.95. The van der Waals surface area contributed by atoms with Crippen LogP contribution in [0.25, 0.3) is 0 Å². The minimum Gasteiger partial charge on any atom is -0.478 e. The molecule has 1 aromatic carbocycles. The summed E-state index contributed by atoms with van der Waals surface area (Å²) in [5, 5.41) is 16.5. The second-order valence-corrected chi connectivity index (χ2v) is 7.48. The number of hydrogen-bond acceptors (Lipinski definition) is 5. The van der Waals surface area contributed by atoms with E-state index in [1.807, 2.05) is 13.0 Å². The van der Waals surface area contributed by atoms with Gasteiger partial charge in [0.05, 0.1) is 5.70 Å². The zero-order valence-electron chi connectivity index (χ0n) is 13.9. The number of nitrogens with two attached hydrogens (primary N) is 1. The van der Waals surface area contributed by atoms with Crippen LogP contribution in [0.3, 0.4) is 0 Å². The van der Waals surface area contributed by atoms with E-state index in [2.05, 4.69) is 5.32 Å². The van der Waals surface area contributed by atoms with Gasteiger partial charge in [-0.1, -0.05) is 31.5 Å². The fraction of sp³-hybridized carbons (Fsp3) is 0.353. The van der Waals surface area contributed by atoms with Crippen molar-refractivity contribution in [2.45, 2.75) is 31.4 Å². The molecule has 2 rings (SSSR count). The highest BCUT2D eigenvalue weighted by Gasteiger charge is 2.36. The first-order chi connectivity index (χ1) is 11.8. The Morgan fingerprint density at radius 2 is 2.04 bits per heavy atom. The molecule has 0 amide bonds. The smallest absolute Gasteiger partial charge is 0.331 e. The van der Waals surface area contributed by atoms with Crippen LogP contribution in [0.15, 0.2) is 53.4 Å². The van der Waals surface area contributed by atoms with E-state index in [4.69, 9.17) is 9.88 Å². The number of aliphatic carboxylic acids is 1. The number of unbranched alkanes of at least 4 members (excludes halogenated alkanes) is 1. The summed E-state index contributed by atoms with van der Waals surface area (Å²) in [4.78, 5) is 11.4. The standard InChI is InChI=1S/C17H22N2O5S/c1-2-3-9-19-14-10-12(17(20)21)11-15(25(18,22)23)16(14)24-13-7-5-4-6-8-13/h4-8,10,15,19H,2-3,9,11H2,1H3,(H,20,21)(H2,18,22,23). The highest BCUT2D eigenvalue weighted by molar-refractivity contribution is 7.90. The third-order valence-electron chi connectivity index (χ3n) is 3.77. The summed E-state index contributed by atoms with van der Waals surface area (Å²) in [6, 6.07) is 8.70. The minimum atomic E-state index is -4.05. The van der Waals surface area contributed by atoms with E-state index < -0.39 is 21.2 Å². The van der Waals surface area contributed by atoms with Crippen LogP contribution in [-0.4, -0.2) is 31.3 Å². The molecule has 0 fully saturated rings. The Balaban J connectivity index is 2.48. The van der Waals surface area contributed by atoms with Crippen LogP contribution < -0.4 is 15.2 Å². The molecule has 7 nitrogen and oxygen atoms in total. The number of allylic oxidation sites excluding steroid dienone is 1. The molecule has 1 atom stereocenters. The fourth-order valence-electron chi connectivity index (χ4n) is 2.46. The molecule has 0 bridgehead atoms. The molecule has 1 aromatic rings. The quantitative estimate of drug-likeness (QED) is 0.603. The van der Waals surface area contributed by atoms with Crippen LogP contribution in [-0.2, 0) is 14.8 Å². The highest BCUT2D eigenvalue weighted by atomic mass is 32.2. The van der Waals surface area contributed by atoms with Crippen molar-refractivity contribution in [2.75, 3.05) is 6.54 Å². The van der Waals surface area contributed by atoms with E-state index in [0.717, 1.165) is 12.8 Å². The van der Waals surface area contributed by atoms with Crippen molar-refractivity contribution in [3.05, 3.63) is 53.4 Å². The number of benzene rings is 1. The average Bonchev–Trinajstić information content (AvgIpc) is 2.56. The molecule has 0 aliphatic heterocycles. The number of rotatable bonds is 8. The van der Waals surface area contributed by atoms with Gasteiger partial charge in [-0.05, 0) is 24.6 Å². The molecule has 1 unspecified atom stereocenters. The molecule has 0 radical (unpaired) electrons. The Morgan fingerprint density at radius 3 is 2.60 bits per heavy atom. The topological polar surface area (TPSA) is 119 Å². The first kappa shape index (κ1) is 19.0. The molecule has 0 aromatic heterocycles. The van der Waals surface area contributed by atoms with Gasteiger partial charge in [0, 0.05) is 18.5 Å². The normalized spacial score (nSPS) is 17.8. The molecule has 0 heterocycles. The van der Waals surface area contributed by atoms with Crippen molar-refractivity contribution < 1.29 is 23.1 Å². The summed E-state index contributed by atoms with van der Waals surface area (Å²) < 4.78 is 29.9. The van der Waals surface area contributed by atoms with Crippen LogP contribution in [0.2, 0.25) is 0 Å². The van der Waals surface area contributed by atoms with E-state index in [9.17, 15) is 18.3 Å². The fourth-order valence-corrected chi connectivity index (χ4v) is 3.34. The number of sulfonamides is 1. The molecule has 1 aliphatic carbocycles. The van der Waals surface area contributed by atoms with Crippen molar-refractivity contribution in [2.24, 2.45) is 5.14 Å². The largest absolute Gasteiger partial charge is 0.478 e. The summed E-state index contributed by atoms with van der Waals surface area (Å²) in [5.41, 5.74) is 0.304. The lowest BCUT2D eigenvalue weighted by Crippen LogP contribution is -2.38. The predicted molar refractivity (Wildman–Crippen MR) is 94.2 cm³/mol. The van der Waals surface area contributed by atoms with Crippen molar-refractivity contribution >= 4 is 16.0 Å². The van der Waals surface area contributed by atoms with Crippen molar-refractivity contribution in [3.63, 3.8) is 0 Å². The summed E-state index contributed by atoms with van der Waals surface area (Å²) >= 11 is 0. The number of para-hydroxylation sites is 1. The molecule has 8 heteroatoms. The van der Waals surface area contributed by atoms with Gasteiger partial charge in [-0.3, -0.25) is 0 Å². The predicted octanol–water partition coefficient (Wildman–Crippen LogP) is 1.74. The van der Waals surface area contributed by atoms with E-state index in [-0.39, 0.29) is 17.8 Å². The molecule has 0 saturated carbocycles. The molecule has 0 saturated heterocycles. The molecule has 25 heavy (non-hydrogen) atoms. The van der Waals surface area contributed by atoms with Crippen LogP contribution in [0.5, 0.6) is 5.75 Å². The van der Waals surface area contributed by atoms with Crippen LogP contribution in [0.1, 0.15) is 26.2 Å². The van der Waals surface area contributed by atoms with E-state index in [0.29, 0.717) is 18.0 Å². The zero-order valence-corrected chi connectivity index (χ0v) is 14.8. The number of carboxylic acid groups (broad SMARTS) is 1. The minimum absolute atomic E-state index is 0.0292. The van der Waals surface area contributed by atoms with Gasteiger partial charge < -0.3 is 15.2 Å². The third kappa shape index (κ3) is 5.07. The van der Waals surface area contributed by atoms with Crippen molar-refractivity contribution in [1.82, 2.24) is 5.32 Å². The second-order valence-electron chi connectivity index (χ2n) is 5.73. The van der Waals surface area contributed by atoms with Gasteiger partial charge >= 0.3 is 5.97 Å². The number of nitrogens with one attached hydrogen (secondary N) is 1. The number of carbonyl (C=O) groups is 1. The highest BCUT2D eigenvalue weighted by Crippen LogP contribution is 2.30. The molecule has 1 aliphatic rings. The molecule has 136 valence electrons. The van der Waals surface area contributed by atoms with Gasteiger partial charge in [-0.15, -0.1) is 0 Å². The van der Waals surface area contributed by atoms with E-state index in [1.54, 1.807) is 24.3 Å². The van der Waals surface area contributed by atoms with Crippen LogP contribution >= 0.6 is 0 Å².